The van der Waals surface area contributed by atoms with E-state index in [2.05, 4.69) is 0 Å². The molecule has 3 aromatic carbocycles. The first-order valence-electron chi connectivity index (χ1n) is 11.9. The van der Waals surface area contributed by atoms with Crippen LogP contribution in [-0.4, -0.2) is 37.0 Å². The van der Waals surface area contributed by atoms with Crippen molar-refractivity contribution in [1.82, 2.24) is 0 Å². The summed E-state index contributed by atoms with van der Waals surface area (Å²) in [5.41, 5.74) is -15.5. The molecule has 1 unspecified atom stereocenters. The van der Waals surface area contributed by atoms with Gasteiger partial charge in [-0.1, -0.05) is 6.07 Å². The van der Waals surface area contributed by atoms with E-state index in [0.29, 0.717) is 23.1 Å². The molecule has 3 rings (SSSR count). The minimum atomic E-state index is -7.28. The van der Waals surface area contributed by atoms with E-state index in [1.165, 1.54) is 0 Å². The van der Waals surface area contributed by atoms with Gasteiger partial charge in [0.15, 0.2) is 23.2 Å². The van der Waals surface area contributed by atoms with Crippen molar-refractivity contribution < 1.29 is 75.4 Å². The van der Waals surface area contributed by atoms with Crippen molar-refractivity contribution in [1.29, 1.82) is 0 Å². The van der Waals surface area contributed by atoms with E-state index >= 15 is 4.39 Å². The molecular weight excluding hydrogens is 782 g/mol. The van der Waals surface area contributed by atoms with Crippen molar-refractivity contribution in [3.63, 3.8) is 0 Å². The maximum absolute atomic E-state index is 15.4. The lowest BCUT2D eigenvalue weighted by Crippen LogP contribution is -2.59. The molecule has 0 radical (unpaired) electrons. The van der Waals surface area contributed by atoms with Crippen LogP contribution in [0.4, 0.5) is 71.5 Å². The summed E-state index contributed by atoms with van der Waals surface area (Å²) >= 11 is 0.751. The Morgan fingerprint density at radius 1 is 0.761 bits per heavy atom. The molecule has 0 saturated carbocycles. The first kappa shape index (κ1) is 36.9. The lowest BCUT2D eigenvalue weighted by molar-refractivity contribution is -0.389. The molecule has 0 heterocycles. The van der Waals surface area contributed by atoms with E-state index in [1.807, 2.05) is 0 Å². The number of hydrogen-bond donors (Lipinski definition) is 0. The number of rotatable bonds is 7. The molecule has 0 bridgehead atoms. The minimum Gasteiger partial charge on any atom is -0.309 e. The third-order valence-electron chi connectivity index (χ3n) is 6.53. The van der Waals surface area contributed by atoms with Crippen LogP contribution in [0.3, 0.4) is 0 Å². The molecule has 0 aliphatic carbocycles. The van der Waals surface area contributed by atoms with E-state index in [9.17, 15) is 71.1 Å². The van der Waals surface area contributed by atoms with Crippen LogP contribution in [0.25, 0.3) is 0 Å². The summed E-state index contributed by atoms with van der Waals surface area (Å²) in [4.78, 5) is 26.2. The maximum Gasteiger partial charge on any atom is 0.457 e. The van der Waals surface area contributed by atoms with Gasteiger partial charge in [0.25, 0.3) is 5.91 Å². The lowest BCUT2D eigenvalue weighted by atomic mass is 9.85. The number of carbonyl (C=O) groups excluding carboxylic acids is 2. The Bertz CT molecular complexity index is 1680. The third kappa shape index (κ3) is 6.51. The number of carbonyl (C=O) groups is 2. The zero-order valence-electron chi connectivity index (χ0n) is 22.1. The molecule has 1 atom stereocenters. The second-order valence-electron chi connectivity index (χ2n) is 9.44. The maximum atomic E-state index is 15.4. The van der Waals surface area contributed by atoms with Crippen LogP contribution in [0.2, 0.25) is 0 Å². The second kappa shape index (κ2) is 12.3. The zero-order chi connectivity index (χ0) is 35.4. The third-order valence-corrected chi connectivity index (χ3v) is 7.49. The molecule has 0 saturated heterocycles. The number of nitrogens with zero attached hydrogens (tertiary/aromatic N) is 1. The van der Waals surface area contributed by atoms with Gasteiger partial charge in [0.1, 0.15) is 0 Å². The van der Waals surface area contributed by atoms with Gasteiger partial charge in [0, 0.05) is 28.2 Å². The van der Waals surface area contributed by atoms with Gasteiger partial charge in [0.2, 0.25) is 0 Å². The van der Waals surface area contributed by atoms with Gasteiger partial charge in [-0.2, -0.15) is 48.3 Å². The topological polar surface area (TPSA) is 37.4 Å². The van der Waals surface area contributed by atoms with Gasteiger partial charge >= 0.3 is 30.1 Å². The molecule has 0 fully saturated rings. The Kier molecular flexibility index (Phi) is 9.84. The molecular formula is C27H13F15INO2. The predicted molar refractivity (Wildman–Crippen MR) is 138 cm³/mol. The SMILES string of the molecule is CN(C(=O)c1ccc(F)c(F)c1)c1cccc(C(=O)Cc2c(I)cc(C(F)(C(F)(F)F)C(F)(F)C(F)(F)F)cc2C(F)(F)F)c1F. The Labute approximate surface area is 261 Å². The summed E-state index contributed by atoms with van der Waals surface area (Å²) < 4.78 is 205. The smallest absolute Gasteiger partial charge is 0.309 e. The highest BCUT2D eigenvalue weighted by atomic mass is 127. The fourth-order valence-electron chi connectivity index (χ4n) is 4.17. The Morgan fingerprint density at radius 2 is 1.35 bits per heavy atom. The molecule has 19 heteroatoms. The Balaban J connectivity index is 2.12. The summed E-state index contributed by atoms with van der Waals surface area (Å²) in [5, 5.41) is 0. The van der Waals surface area contributed by atoms with Crippen LogP contribution in [-0.2, 0) is 18.3 Å². The van der Waals surface area contributed by atoms with Crippen LogP contribution in [0.5, 0.6) is 0 Å². The Hall–Kier alpha value is -3.52. The monoisotopic (exact) mass is 795 g/mol. The molecule has 0 aromatic heterocycles. The molecule has 0 spiro atoms. The molecule has 3 aromatic rings. The van der Waals surface area contributed by atoms with Crippen LogP contribution in [0.1, 0.15) is 37.4 Å². The minimum absolute atomic E-state index is 0.382. The number of ketones is 1. The number of halogens is 16. The van der Waals surface area contributed by atoms with Crippen molar-refractivity contribution in [2.24, 2.45) is 0 Å². The normalized spacial score (nSPS) is 14.2. The van der Waals surface area contributed by atoms with E-state index in [1.54, 1.807) is 0 Å². The van der Waals surface area contributed by atoms with E-state index < -0.39 is 109 Å². The molecule has 1 amide bonds. The molecule has 250 valence electrons. The summed E-state index contributed by atoms with van der Waals surface area (Å²) in [6.07, 6.45) is -21.8. The highest BCUT2D eigenvalue weighted by molar-refractivity contribution is 14.1. The standard InChI is InChI=1S/C27H13F15INO2/c1-44(22(46)11-5-6-16(28)17(29)7-11)19-4-2-3-13(21(19)30)20(45)10-14-15(24(32,33)34)8-12(9-18(14)43)23(31,26(37,38)39)25(35,36)27(40,41)42/h2-9H,10H2,1H3. The number of anilines is 1. The first-order valence-corrected chi connectivity index (χ1v) is 13.0. The van der Waals surface area contributed by atoms with E-state index in [-0.39, 0.29) is 6.07 Å². The number of Topliss-reactive ketones (excluding diaryl/α,β-unsaturated/α-hetero) is 1. The van der Waals surface area contributed by atoms with Crippen LogP contribution in [0, 0.1) is 21.0 Å². The van der Waals surface area contributed by atoms with Crippen molar-refractivity contribution in [2.75, 3.05) is 11.9 Å². The van der Waals surface area contributed by atoms with Crippen molar-refractivity contribution in [3.8, 4) is 0 Å². The van der Waals surface area contributed by atoms with Gasteiger partial charge in [-0.3, -0.25) is 9.59 Å². The molecule has 0 aliphatic rings. The zero-order valence-corrected chi connectivity index (χ0v) is 24.3. The lowest BCUT2D eigenvalue weighted by Gasteiger charge is -2.36. The fraction of sp³-hybridized carbons (Fsp3) is 0.259. The average Bonchev–Trinajstić information content (AvgIpc) is 2.92. The summed E-state index contributed by atoms with van der Waals surface area (Å²) in [6, 6.07) is 3.05. The highest BCUT2D eigenvalue weighted by Crippen LogP contribution is 2.59. The summed E-state index contributed by atoms with van der Waals surface area (Å²) in [7, 11) is 0.917. The van der Waals surface area contributed by atoms with Crippen molar-refractivity contribution >= 4 is 40.0 Å². The van der Waals surface area contributed by atoms with E-state index in [4.69, 9.17) is 0 Å². The Morgan fingerprint density at radius 3 is 1.85 bits per heavy atom. The summed E-state index contributed by atoms with van der Waals surface area (Å²) in [6.45, 7) is 0. The molecule has 0 aliphatic heterocycles. The van der Waals surface area contributed by atoms with Crippen LogP contribution < -0.4 is 4.90 Å². The molecule has 0 N–H and O–H groups in total. The summed E-state index contributed by atoms with van der Waals surface area (Å²) in [5.74, 6) is -14.3. The number of amides is 1. The highest BCUT2D eigenvalue weighted by Gasteiger charge is 2.82. The largest absolute Gasteiger partial charge is 0.457 e. The second-order valence-corrected chi connectivity index (χ2v) is 10.6. The molecule has 46 heavy (non-hydrogen) atoms. The van der Waals surface area contributed by atoms with Crippen LogP contribution in [0.15, 0.2) is 48.5 Å². The predicted octanol–water partition coefficient (Wildman–Crippen LogP) is 9.35. The number of hydrogen-bond acceptors (Lipinski definition) is 2. The van der Waals surface area contributed by atoms with Gasteiger partial charge in [0.05, 0.1) is 16.8 Å². The van der Waals surface area contributed by atoms with Gasteiger partial charge in [-0.15, -0.1) is 0 Å². The van der Waals surface area contributed by atoms with Gasteiger partial charge < -0.3 is 4.90 Å². The van der Waals surface area contributed by atoms with Gasteiger partial charge in [-0.05, 0) is 70.6 Å². The van der Waals surface area contributed by atoms with Crippen LogP contribution >= 0.6 is 22.6 Å². The average molecular weight is 795 g/mol. The van der Waals surface area contributed by atoms with Crippen molar-refractivity contribution in [2.45, 2.75) is 36.5 Å². The number of alkyl halides is 12. The van der Waals surface area contributed by atoms with E-state index in [0.717, 1.165) is 47.8 Å². The fourth-order valence-corrected chi connectivity index (χ4v) is 4.99. The first-order chi connectivity index (χ1) is 20.8. The number of benzene rings is 3. The quantitative estimate of drug-likeness (QED) is 0.136. The molecule has 3 nitrogen and oxygen atoms in total. The van der Waals surface area contributed by atoms with Crippen molar-refractivity contribution in [3.05, 3.63) is 97.4 Å². The van der Waals surface area contributed by atoms with Gasteiger partial charge in [-0.25, -0.2) is 17.6 Å².